The van der Waals surface area contributed by atoms with Gasteiger partial charge in [-0.1, -0.05) is 6.07 Å². The average molecular weight is 437 g/mol. The molecule has 32 heavy (non-hydrogen) atoms. The maximum Gasteiger partial charge on any atom is 0.311 e. The van der Waals surface area contributed by atoms with Gasteiger partial charge in [0.1, 0.15) is 12.3 Å². The highest BCUT2D eigenvalue weighted by molar-refractivity contribution is 6.10. The van der Waals surface area contributed by atoms with Gasteiger partial charge in [-0.15, -0.1) is 0 Å². The van der Waals surface area contributed by atoms with Crippen molar-refractivity contribution in [3.05, 3.63) is 59.3 Å². The molecule has 1 aliphatic heterocycles. The maximum absolute atomic E-state index is 13.1. The second kappa shape index (κ2) is 10.00. The van der Waals surface area contributed by atoms with Crippen LogP contribution in [0.1, 0.15) is 24.5 Å². The molecular weight excluding hydrogens is 410 g/mol. The molecule has 0 aliphatic carbocycles. The molecule has 0 saturated carbocycles. The fourth-order valence-corrected chi connectivity index (χ4v) is 3.35. The molecule has 0 radical (unpaired) electrons. The highest BCUT2D eigenvalue weighted by atomic mass is 16.5. The van der Waals surface area contributed by atoms with E-state index in [1.54, 1.807) is 38.3 Å². The molecule has 2 N–H and O–H groups in total. The predicted octanol–water partition coefficient (Wildman–Crippen LogP) is 3.55. The average Bonchev–Trinajstić information content (AvgIpc) is 2.85. The van der Waals surface area contributed by atoms with Crippen molar-refractivity contribution in [2.45, 2.75) is 27.2 Å². The molecule has 3 rings (SSSR count). The maximum atomic E-state index is 13.1. The Morgan fingerprint density at radius 3 is 2.59 bits per heavy atom. The number of aryl methyl sites for hydroxylation is 2. The lowest BCUT2D eigenvalue weighted by Crippen LogP contribution is -2.37. The van der Waals surface area contributed by atoms with Crippen molar-refractivity contribution >= 4 is 34.8 Å². The van der Waals surface area contributed by atoms with Gasteiger partial charge in [-0.3, -0.25) is 19.3 Å². The Bertz CT molecular complexity index is 1080. The predicted molar refractivity (Wildman–Crippen MR) is 123 cm³/mol. The van der Waals surface area contributed by atoms with Gasteiger partial charge in [0.2, 0.25) is 5.91 Å². The third-order valence-corrected chi connectivity index (χ3v) is 5.06. The minimum atomic E-state index is -0.436. The Balaban J connectivity index is 1.88. The number of anilines is 3. The van der Waals surface area contributed by atoms with Crippen LogP contribution in [0.5, 0.6) is 5.75 Å². The van der Waals surface area contributed by atoms with Crippen molar-refractivity contribution in [2.75, 3.05) is 35.8 Å². The lowest BCUT2D eigenvalue weighted by molar-refractivity contribution is -0.142. The summed E-state index contributed by atoms with van der Waals surface area (Å²) < 4.78 is 10.2. The van der Waals surface area contributed by atoms with E-state index in [-0.39, 0.29) is 25.5 Å². The van der Waals surface area contributed by atoms with Crippen molar-refractivity contribution in [2.24, 2.45) is 0 Å². The Morgan fingerprint density at radius 2 is 1.88 bits per heavy atom. The van der Waals surface area contributed by atoms with Crippen LogP contribution in [0.2, 0.25) is 0 Å². The summed E-state index contributed by atoms with van der Waals surface area (Å²) in [5, 5.41) is 5.96. The first-order valence-corrected chi connectivity index (χ1v) is 10.3. The molecular formula is C24H27N3O5. The van der Waals surface area contributed by atoms with Crippen LogP contribution in [0.25, 0.3) is 0 Å². The summed E-state index contributed by atoms with van der Waals surface area (Å²) in [4.78, 5) is 39.2. The quantitative estimate of drug-likeness (QED) is 0.643. The lowest BCUT2D eigenvalue weighted by atomic mass is 10.1. The number of carbonyl (C=O) groups is 3. The van der Waals surface area contributed by atoms with Crippen LogP contribution < -0.4 is 20.3 Å². The van der Waals surface area contributed by atoms with Crippen molar-refractivity contribution in [1.82, 2.24) is 0 Å². The zero-order valence-corrected chi connectivity index (χ0v) is 18.7. The Kier molecular flexibility index (Phi) is 7.14. The van der Waals surface area contributed by atoms with E-state index in [1.807, 2.05) is 26.0 Å². The topological polar surface area (TPSA) is 97.0 Å². The normalized spacial score (nSPS) is 12.8. The zero-order valence-electron chi connectivity index (χ0n) is 18.7. The first-order chi connectivity index (χ1) is 15.3. The van der Waals surface area contributed by atoms with Gasteiger partial charge in [0.05, 0.1) is 31.5 Å². The van der Waals surface area contributed by atoms with E-state index in [0.29, 0.717) is 28.5 Å². The Hall–Kier alpha value is -3.81. The van der Waals surface area contributed by atoms with Crippen molar-refractivity contribution in [3.8, 4) is 5.75 Å². The SMILES string of the molecule is CCOC(=O)CC1=CC(=O)N(CC(=O)Nc2cccc(OC)c2)c2cc(C)c(C)cc2N1. The van der Waals surface area contributed by atoms with Gasteiger partial charge in [0, 0.05) is 23.5 Å². The van der Waals surface area contributed by atoms with Crippen LogP contribution in [0.15, 0.2) is 48.2 Å². The summed E-state index contributed by atoms with van der Waals surface area (Å²) in [6, 6.07) is 10.7. The van der Waals surface area contributed by atoms with Gasteiger partial charge in [0.25, 0.3) is 5.91 Å². The summed E-state index contributed by atoms with van der Waals surface area (Å²) in [7, 11) is 1.55. The summed E-state index contributed by atoms with van der Waals surface area (Å²) in [6.07, 6.45) is 1.26. The number of amides is 2. The summed E-state index contributed by atoms with van der Waals surface area (Å²) in [5.74, 6) is -0.591. The first-order valence-electron chi connectivity index (χ1n) is 10.3. The fraction of sp³-hybridized carbons (Fsp3) is 0.292. The van der Waals surface area contributed by atoms with Crippen LogP contribution in [-0.4, -0.2) is 38.0 Å². The Labute approximate surface area is 187 Å². The molecule has 2 aromatic rings. The molecule has 168 valence electrons. The largest absolute Gasteiger partial charge is 0.497 e. The van der Waals surface area contributed by atoms with Crippen LogP contribution in [0.4, 0.5) is 17.1 Å². The van der Waals surface area contributed by atoms with Crippen molar-refractivity contribution in [1.29, 1.82) is 0 Å². The highest BCUT2D eigenvalue weighted by Gasteiger charge is 2.26. The summed E-state index contributed by atoms with van der Waals surface area (Å²) in [5.41, 5.74) is 4.17. The molecule has 2 aromatic carbocycles. The van der Waals surface area contributed by atoms with E-state index in [0.717, 1.165) is 11.1 Å². The van der Waals surface area contributed by atoms with E-state index in [1.165, 1.54) is 11.0 Å². The Morgan fingerprint density at radius 1 is 1.12 bits per heavy atom. The van der Waals surface area contributed by atoms with E-state index < -0.39 is 11.9 Å². The van der Waals surface area contributed by atoms with E-state index >= 15 is 0 Å². The number of hydrogen-bond acceptors (Lipinski definition) is 6. The van der Waals surface area contributed by atoms with Gasteiger partial charge in [-0.25, -0.2) is 0 Å². The minimum Gasteiger partial charge on any atom is -0.497 e. The highest BCUT2D eigenvalue weighted by Crippen LogP contribution is 2.33. The third kappa shape index (κ3) is 5.46. The molecule has 0 aromatic heterocycles. The number of methoxy groups -OCH3 is 1. The second-order valence-corrected chi connectivity index (χ2v) is 7.43. The molecule has 1 heterocycles. The third-order valence-electron chi connectivity index (χ3n) is 5.06. The first kappa shape index (κ1) is 22.9. The number of carbonyl (C=O) groups excluding carboxylic acids is 3. The molecule has 0 bridgehead atoms. The van der Waals surface area contributed by atoms with Gasteiger partial charge < -0.3 is 20.1 Å². The van der Waals surface area contributed by atoms with Gasteiger partial charge in [0.15, 0.2) is 0 Å². The van der Waals surface area contributed by atoms with Crippen LogP contribution in [0.3, 0.4) is 0 Å². The zero-order chi connectivity index (χ0) is 23.3. The number of benzene rings is 2. The number of nitrogens with one attached hydrogen (secondary N) is 2. The van der Waals surface area contributed by atoms with Crippen LogP contribution in [0, 0.1) is 13.8 Å². The van der Waals surface area contributed by atoms with E-state index in [9.17, 15) is 14.4 Å². The number of nitrogens with zero attached hydrogens (tertiary/aromatic N) is 1. The van der Waals surface area contributed by atoms with Crippen LogP contribution in [-0.2, 0) is 19.1 Å². The number of hydrogen-bond donors (Lipinski definition) is 2. The molecule has 0 fully saturated rings. The summed E-state index contributed by atoms with van der Waals surface area (Å²) >= 11 is 0. The lowest BCUT2D eigenvalue weighted by Gasteiger charge is -2.23. The molecule has 0 atom stereocenters. The molecule has 2 amide bonds. The van der Waals surface area contributed by atoms with E-state index in [4.69, 9.17) is 9.47 Å². The molecule has 0 spiro atoms. The van der Waals surface area contributed by atoms with Gasteiger partial charge in [-0.05, 0) is 56.2 Å². The monoisotopic (exact) mass is 437 g/mol. The number of fused-ring (bicyclic) bond motifs is 1. The number of esters is 1. The fourth-order valence-electron chi connectivity index (χ4n) is 3.35. The number of rotatable bonds is 7. The molecule has 1 aliphatic rings. The smallest absolute Gasteiger partial charge is 0.311 e. The molecule has 8 nitrogen and oxygen atoms in total. The van der Waals surface area contributed by atoms with Gasteiger partial charge >= 0.3 is 5.97 Å². The second-order valence-electron chi connectivity index (χ2n) is 7.43. The molecule has 0 saturated heterocycles. The summed E-state index contributed by atoms with van der Waals surface area (Å²) in [6.45, 7) is 5.68. The van der Waals surface area contributed by atoms with Crippen LogP contribution >= 0.6 is 0 Å². The molecule has 0 unspecified atom stereocenters. The molecule has 8 heteroatoms. The van der Waals surface area contributed by atoms with Gasteiger partial charge in [-0.2, -0.15) is 0 Å². The van der Waals surface area contributed by atoms with Crippen molar-refractivity contribution < 1.29 is 23.9 Å². The number of ether oxygens (including phenoxy) is 2. The minimum absolute atomic E-state index is 0.0736. The van der Waals surface area contributed by atoms with E-state index in [2.05, 4.69) is 10.6 Å². The van der Waals surface area contributed by atoms with Crippen molar-refractivity contribution in [3.63, 3.8) is 0 Å². The standard InChI is InChI=1S/C24H27N3O5/c1-5-32-24(30)13-18-12-23(29)27(21-10-16(3)15(2)9-20(21)25-18)14-22(28)26-17-7-6-8-19(11-17)31-4/h6-12,25H,5,13-14H2,1-4H3,(H,26,28).